The van der Waals surface area contributed by atoms with Crippen LogP contribution in [0.15, 0.2) is 5.10 Å². The van der Waals surface area contributed by atoms with Crippen molar-refractivity contribution in [3.63, 3.8) is 0 Å². The molecular formula is C12H26N4. The second-order valence-corrected chi connectivity index (χ2v) is 6.24. The number of hydrogen-bond donors (Lipinski definition) is 2. The maximum atomic E-state index is 5.35. The second kappa shape index (κ2) is 4.24. The van der Waals surface area contributed by atoms with E-state index >= 15 is 0 Å². The highest BCUT2D eigenvalue weighted by Crippen LogP contribution is 2.31. The van der Waals surface area contributed by atoms with E-state index in [4.69, 9.17) is 5.84 Å². The Labute approximate surface area is 99.3 Å². The number of nitrogens with zero attached hydrogens (tertiary/aromatic N) is 2. The van der Waals surface area contributed by atoms with Gasteiger partial charge in [0.2, 0.25) is 0 Å². The first kappa shape index (κ1) is 13.3. The Morgan fingerprint density at radius 3 is 2.06 bits per heavy atom. The van der Waals surface area contributed by atoms with Gasteiger partial charge in [-0.05, 0) is 47.5 Å². The molecule has 16 heavy (non-hydrogen) atoms. The van der Waals surface area contributed by atoms with Gasteiger partial charge in [-0.15, -0.1) is 0 Å². The molecule has 0 bridgehead atoms. The quantitative estimate of drug-likeness (QED) is 0.308. The smallest absolute Gasteiger partial charge is 0.121 e. The van der Waals surface area contributed by atoms with E-state index in [0.29, 0.717) is 6.04 Å². The predicted octanol–water partition coefficient (Wildman–Crippen LogP) is 1.52. The lowest BCUT2D eigenvalue weighted by Crippen LogP contribution is -2.62. The largest absolute Gasteiger partial charge is 0.359 e. The summed E-state index contributed by atoms with van der Waals surface area (Å²) in [5, 5.41) is 7.46. The van der Waals surface area contributed by atoms with E-state index in [2.05, 4.69) is 50.1 Å². The molecule has 0 radical (unpaired) electrons. The van der Waals surface area contributed by atoms with Gasteiger partial charge in [0.25, 0.3) is 0 Å². The first-order valence-electron chi connectivity index (χ1n) is 5.93. The number of rotatable bonds is 1. The first-order chi connectivity index (χ1) is 7.17. The van der Waals surface area contributed by atoms with E-state index in [-0.39, 0.29) is 11.1 Å². The molecule has 1 aliphatic heterocycles. The molecule has 1 rings (SSSR count). The molecule has 1 fully saturated rings. The van der Waals surface area contributed by atoms with Crippen LogP contribution >= 0.6 is 0 Å². The zero-order chi connectivity index (χ0) is 12.6. The summed E-state index contributed by atoms with van der Waals surface area (Å²) >= 11 is 0. The van der Waals surface area contributed by atoms with E-state index in [1.807, 2.05) is 6.92 Å². The van der Waals surface area contributed by atoms with Crippen molar-refractivity contribution in [2.75, 3.05) is 7.05 Å². The summed E-state index contributed by atoms with van der Waals surface area (Å²) in [5.74, 6) is 6.25. The number of nitrogens with one attached hydrogen (secondary N) is 1. The summed E-state index contributed by atoms with van der Waals surface area (Å²) in [5.41, 5.74) is 0.325. The molecule has 0 unspecified atom stereocenters. The molecule has 0 aliphatic carbocycles. The first-order valence-corrected chi connectivity index (χ1v) is 5.93. The minimum absolute atomic E-state index is 0.162. The topological polar surface area (TPSA) is 53.6 Å². The van der Waals surface area contributed by atoms with Crippen LogP contribution in [-0.4, -0.2) is 34.9 Å². The molecule has 0 amide bonds. The number of piperidine rings is 1. The third-order valence-electron chi connectivity index (χ3n) is 3.41. The van der Waals surface area contributed by atoms with Crippen LogP contribution in [-0.2, 0) is 0 Å². The fraction of sp³-hybridized carbons (Fsp3) is 0.917. The maximum absolute atomic E-state index is 5.35. The standard InChI is InChI=1S/C12H26N4/c1-9(14-13)16(6)10-7-11(2,3)15-12(4,5)8-10/h10,15H,7-8,13H2,1-6H3/b14-9+. The molecule has 94 valence electrons. The van der Waals surface area contributed by atoms with Gasteiger partial charge in [0.15, 0.2) is 0 Å². The number of nitrogens with two attached hydrogens (primary N) is 1. The highest BCUT2D eigenvalue weighted by Gasteiger charge is 2.39. The molecule has 0 spiro atoms. The van der Waals surface area contributed by atoms with Gasteiger partial charge < -0.3 is 16.1 Å². The van der Waals surface area contributed by atoms with Crippen molar-refractivity contribution in [2.24, 2.45) is 10.9 Å². The van der Waals surface area contributed by atoms with Gasteiger partial charge in [0, 0.05) is 24.2 Å². The summed E-state index contributed by atoms with van der Waals surface area (Å²) < 4.78 is 0. The molecule has 4 nitrogen and oxygen atoms in total. The highest BCUT2D eigenvalue weighted by molar-refractivity contribution is 5.79. The third-order valence-corrected chi connectivity index (χ3v) is 3.41. The normalized spacial score (nSPS) is 25.5. The fourth-order valence-corrected chi connectivity index (χ4v) is 2.90. The molecule has 1 saturated heterocycles. The van der Waals surface area contributed by atoms with Crippen LogP contribution in [0.1, 0.15) is 47.5 Å². The number of hydrogen-bond acceptors (Lipinski definition) is 3. The van der Waals surface area contributed by atoms with Gasteiger partial charge in [0.05, 0.1) is 0 Å². The summed E-state index contributed by atoms with van der Waals surface area (Å²) in [7, 11) is 2.08. The summed E-state index contributed by atoms with van der Waals surface area (Å²) in [6.45, 7) is 11.0. The van der Waals surface area contributed by atoms with Crippen molar-refractivity contribution < 1.29 is 0 Å². The Kier molecular flexibility index (Phi) is 3.53. The minimum Gasteiger partial charge on any atom is -0.359 e. The van der Waals surface area contributed by atoms with Gasteiger partial charge in [-0.1, -0.05) is 0 Å². The molecule has 0 aromatic rings. The molecule has 1 aliphatic rings. The Bertz CT molecular complexity index is 265. The van der Waals surface area contributed by atoms with Gasteiger partial charge >= 0.3 is 0 Å². The number of hydrazone groups is 1. The van der Waals surface area contributed by atoms with E-state index in [9.17, 15) is 0 Å². The summed E-state index contributed by atoms with van der Waals surface area (Å²) in [6, 6.07) is 0.499. The van der Waals surface area contributed by atoms with Gasteiger partial charge in [-0.3, -0.25) is 0 Å². The fourth-order valence-electron chi connectivity index (χ4n) is 2.90. The Balaban J connectivity index is 2.82. The van der Waals surface area contributed by atoms with Crippen LogP contribution in [0.3, 0.4) is 0 Å². The van der Waals surface area contributed by atoms with Crippen LogP contribution < -0.4 is 11.2 Å². The highest BCUT2D eigenvalue weighted by atomic mass is 15.3. The van der Waals surface area contributed by atoms with Crippen molar-refractivity contribution >= 4 is 5.84 Å². The molecule has 0 aromatic carbocycles. The van der Waals surface area contributed by atoms with Crippen molar-refractivity contribution in [1.82, 2.24) is 10.2 Å². The zero-order valence-electron chi connectivity index (χ0n) is 11.5. The molecule has 0 aromatic heterocycles. The lowest BCUT2D eigenvalue weighted by Gasteiger charge is -2.49. The molecule has 0 saturated carbocycles. The molecular weight excluding hydrogens is 200 g/mol. The molecule has 4 heteroatoms. The van der Waals surface area contributed by atoms with Crippen LogP contribution in [0, 0.1) is 0 Å². The average molecular weight is 226 g/mol. The Morgan fingerprint density at radius 2 is 1.69 bits per heavy atom. The lowest BCUT2D eigenvalue weighted by molar-refractivity contribution is 0.113. The van der Waals surface area contributed by atoms with Crippen LogP contribution in [0.25, 0.3) is 0 Å². The van der Waals surface area contributed by atoms with E-state index in [0.717, 1.165) is 18.7 Å². The molecule has 1 heterocycles. The average Bonchev–Trinajstić information content (AvgIpc) is 2.10. The lowest BCUT2D eigenvalue weighted by atomic mass is 9.79. The number of amidine groups is 1. The third kappa shape index (κ3) is 3.11. The van der Waals surface area contributed by atoms with Crippen LogP contribution in [0.5, 0.6) is 0 Å². The maximum Gasteiger partial charge on any atom is 0.121 e. The minimum atomic E-state index is 0.162. The monoisotopic (exact) mass is 226 g/mol. The van der Waals surface area contributed by atoms with Gasteiger partial charge in [-0.25, -0.2) is 0 Å². The predicted molar refractivity (Wildman–Crippen MR) is 69.4 cm³/mol. The van der Waals surface area contributed by atoms with E-state index < -0.39 is 0 Å². The van der Waals surface area contributed by atoms with Crippen molar-refractivity contribution in [2.45, 2.75) is 64.6 Å². The van der Waals surface area contributed by atoms with E-state index in [1.54, 1.807) is 0 Å². The van der Waals surface area contributed by atoms with Gasteiger partial charge in [0.1, 0.15) is 5.84 Å². The summed E-state index contributed by atoms with van der Waals surface area (Å²) in [6.07, 6.45) is 2.22. The van der Waals surface area contributed by atoms with Crippen molar-refractivity contribution in [1.29, 1.82) is 0 Å². The van der Waals surface area contributed by atoms with Crippen molar-refractivity contribution in [3.8, 4) is 0 Å². The Morgan fingerprint density at radius 1 is 1.25 bits per heavy atom. The molecule has 3 N–H and O–H groups in total. The van der Waals surface area contributed by atoms with E-state index in [1.165, 1.54) is 0 Å². The van der Waals surface area contributed by atoms with Crippen molar-refractivity contribution in [3.05, 3.63) is 0 Å². The summed E-state index contributed by atoms with van der Waals surface area (Å²) in [4.78, 5) is 2.20. The van der Waals surface area contributed by atoms with Crippen LogP contribution in [0.2, 0.25) is 0 Å². The van der Waals surface area contributed by atoms with Crippen LogP contribution in [0.4, 0.5) is 0 Å². The Hall–Kier alpha value is -0.770. The SMILES string of the molecule is C/C(=N\N)N(C)C1CC(C)(C)NC(C)(C)C1. The van der Waals surface area contributed by atoms with Gasteiger partial charge in [-0.2, -0.15) is 5.10 Å². The zero-order valence-corrected chi connectivity index (χ0v) is 11.5. The molecule has 0 atom stereocenters. The second-order valence-electron chi connectivity index (χ2n) is 6.24.